The van der Waals surface area contributed by atoms with E-state index in [1.54, 1.807) is 4.68 Å². The number of unbranched alkanes of at least 4 members (excludes halogenated alkanes) is 2. The van der Waals surface area contributed by atoms with Gasteiger partial charge in [0.2, 0.25) is 0 Å². The zero-order valence-electron chi connectivity index (χ0n) is 14.3. The normalized spacial score (nSPS) is 10.7. The molecule has 5 nitrogen and oxygen atoms in total. The predicted molar refractivity (Wildman–Crippen MR) is 91.9 cm³/mol. The van der Waals surface area contributed by atoms with Crippen molar-refractivity contribution < 1.29 is 4.79 Å². The second-order valence-electron chi connectivity index (χ2n) is 5.81. The number of nitrogens with zero attached hydrogens (tertiary/aromatic N) is 3. The third-order valence-corrected chi connectivity index (χ3v) is 3.93. The minimum atomic E-state index is -0.151. The molecule has 0 bridgehead atoms. The molecule has 124 valence electrons. The lowest BCUT2D eigenvalue weighted by Gasteiger charge is -2.06. The van der Waals surface area contributed by atoms with Crippen molar-refractivity contribution in [2.24, 2.45) is 0 Å². The Hall–Kier alpha value is -2.17. The topological polar surface area (TPSA) is 59.8 Å². The van der Waals surface area contributed by atoms with Gasteiger partial charge in [-0.15, -0.1) is 5.10 Å². The first-order valence-corrected chi connectivity index (χ1v) is 8.47. The summed E-state index contributed by atoms with van der Waals surface area (Å²) in [6, 6.07) is 8.30. The van der Waals surface area contributed by atoms with E-state index < -0.39 is 0 Å². The van der Waals surface area contributed by atoms with E-state index in [2.05, 4.69) is 41.6 Å². The van der Waals surface area contributed by atoms with Crippen LogP contribution in [0.1, 0.15) is 61.3 Å². The van der Waals surface area contributed by atoms with E-state index in [9.17, 15) is 4.79 Å². The van der Waals surface area contributed by atoms with Crippen LogP contribution in [-0.4, -0.2) is 27.4 Å². The molecule has 1 amide bonds. The summed E-state index contributed by atoms with van der Waals surface area (Å²) in [5, 5.41) is 11.1. The van der Waals surface area contributed by atoms with E-state index in [0.717, 1.165) is 30.6 Å². The Kier molecular flexibility index (Phi) is 6.32. The molecule has 1 aromatic carbocycles. The molecular weight excluding hydrogens is 288 g/mol. The first-order chi connectivity index (χ1) is 11.2. The minimum Gasteiger partial charge on any atom is -0.351 e. The van der Waals surface area contributed by atoms with Crippen LogP contribution < -0.4 is 5.32 Å². The molecule has 0 atom stereocenters. The third kappa shape index (κ3) is 4.41. The highest BCUT2D eigenvalue weighted by atomic mass is 16.2. The monoisotopic (exact) mass is 314 g/mol. The second-order valence-corrected chi connectivity index (χ2v) is 5.81. The lowest BCUT2D eigenvalue weighted by Crippen LogP contribution is -2.25. The molecule has 0 aliphatic rings. The summed E-state index contributed by atoms with van der Waals surface area (Å²) in [6.45, 7) is 6.84. The van der Waals surface area contributed by atoms with E-state index in [1.165, 1.54) is 18.4 Å². The van der Waals surface area contributed by atoms with Gasteiger partial charge in [-0.2, -0.15) is 0 Å². The summed E-state index contributed by atoms with van der Waals surface area (Å²) < 4.78 is 1.72. The number of rotatable bonds is 8. The Morgan fingerprint density at radius 3 is 2.48 bits per heavy atom. The molecule has 1 aromatic heterocycles. The zero-order valence-corrected chi connectivity index (χ0v) is 14.3. The predicted octanol–water partition coefficient (Wildman–Crippen LogP) is 3.45. The largest absolute Gasteiger partial charge is 0.351 e. The molecule has 0 aliphatic carbocycles. The molecule has 0 radical (unpaired) electrons. The van der Waals surface area contributed by atoms with Crippen molar-refractivity contribution in [3.05, 3.63) is 41.2 Å². The van der Waals surface area contributed by atoms with E-state index in [4.69, 9.17) is 0 Å². The van der Waals surface area contributed by atoms with Gasteiger partial charge in [0.05, 0.1) is 11.4 Å². The number of carbonyl (C=O) groups excluding carboxylic acids is 1. The van der Waals surface area contributed by atoms with Gasteiger partial charge in [0.25, 0.3) is 5.91 Å². The van der Waals surface area contributed by atoms with Gasteiger partial charge in [0.1, 0.15) is 0 Å². The highest BCUT2D eigenvalue weighted by molar-refractivity contribution is 5.93. The molecule has 5 heteroatoms. The van der Waals surface area contributed by atoms with Gasteiger partial charge in [-0.1, -0.05) is 44.0 Å². The van der Waals surface area contributed by atoms with Crippen LogP contribution >= 0.6 is 0 Å². The summed E-state index contributed by atoms with van der Waals surface area (Å²) in [5.41, 5.74) is 3.42. The molecule has 2 rings (SSSR count). The van der Waals surface area contributed by atoms with Gasteiger partial charge in [0, 0.05) is 6.54 Å². The van der Waals surface area contributed by atoms with Gasteiger partial charge < -0.3 is 5.32 Å². The maximum Gasteiger partial charge on any atom is 0.273 e. The standard InChI is InChI=1S/C18H26N4O/c1-4-6-8-15-9-11-16(12-10-15)22-14(3)17(20-21-22)18(23)19-13-7-5-2/h9-12H,4-8,13H2,1-3H3,(H,19,23). The summed E-state index contributed by atoms with van der Waals surface area (Å²) in [6.07, 6.45) is 5.51. The van der Waals surface area contributed by atoms with E-state index >= 15 is 0 Å². The first-order valence-electron chi connectivity index (χ1n) is 8.47. The van der Waals surface area contributed by atoms with Gasteiger partial charge in [-0.3, -0.25) is 4.79 Å². The average Bonchev–Trinajstić information content (AvgIpc) is 2.95. The van der Waals surface area contributed by atoms with E-state index in [1.807, 2.05) is 19.1 Å². The Labute approximate surface area is 138 Å². The minimum absolute atomic E-state index is 0.151. The molecule has 0 fully saturated rings. The van der Waals surface area contributed by atoms with Crippen molar-refractivity contribution in [3.63, 3.8) is 0 Å². The zero-order chi connectivity index (χ0) is 16.7. The number of benzene rings is 1. The smallest absolute Gasteiger partial charge is 0.273 e. The molecule has 1 N–H and O–H groups in total. The van der Waals surface area contributed by atoms with Crippen molar-refractivity contribution in [1.82, 2.24) is 20.3 Å². The summed E-state index contributed by atoms with van der Waals surface area (Å²) in [5.74, 6) is -0.151. The van der Waals surface area contributed by atoms with Gasteiger partial charge in [-0.05, 0) is 43.9 Å². The number of nitrogens with one attached hydrogen (secondary N) is 1. The highest BCUT2D eigenvalue weighted by Gasteiger charge is 2.16. The van der Waals surface area contributed by atoms with Crippen molar-refractivity contribution in [2.75, 3.05) is 6.54 Å². The molecule has 2 aromatic rings. The van der Waals surface area contributed by atoms with Crippen LogP contribution in [-0.2, 0) is 6.42 Å². The van der Waals surface area contributed by atoms with Crippen molar-refractivity contribution >= 4 is 5.91 Å². The van der Waals surface area contributed by atoms with Gasteiger partial charge >= 0.3 is 0 Å². The number of amides is 1. The SMILES string of the molecule is CCCCNC(=O)c1nnn(-c2ccc(CCCC)cc2)c1C. The van der Waals surface area contributed by atoms with Crippen molar-refractivity contribution in [1.29, 1.82) is 0 Å². The summed E-state index contributed by atoms with van der Waals surface area (Å²) >= 11 is 0. The van der Waals surface area contributed by atoms with E-state index in [-0.39, 0.29) is 5.91 Å². The Bertz CT molecular complexity index is 631. The van der Waals surface area contributed by atoms with Crippen molar-refractivity contribution in [2.45, 2.75) is 52.9 Å². The molecule has 0 spiro atoms. The van der Waals surface area contributed by atoms with Crippen LogP contribution in [0.15, 0.2) is 24.3 Å². The van der Waals surface area contributed by atoms with Crippen molar-refractivity contribution in [3.8, 4) is 5.69 Å². The number of carbonyl (C=O) groups is 1. The maximum atomic E-state index is 12.1. The third-order valence-electron chi connectivity index (χ3n) is 3.93. The van der Waals surface area contributed by atoms with Gasteiger partial charge in [-0.25, -0.2) is 4.68 Å². The lowest BCUT2D eigenvalue weighted by molar-refractivity contribution is 0.0947. The first kappa shape index (κ1) is 17.2. The van der Waals surface area contributed by atoms with E-state index in [0.29, 0.717) is 12.2 Å². The van der Waals surface area contributed by atoms with Gasteiger partial charge in [0.15, 0.2) is 5.69 Å². The number of hydrogen-bond acceptors (Lipinski definition) is 3. The molecule has 0 unspecified atom stereocenters. The fraction of sp³-hybridized carbons (Fsp3) is 0.500. The number of aryl methyl sites for hydroxylation is 1. The fourth-order valence-electron chi connectivity index (χ4n) is 2.43. The van der Waals surface area contributed by atoms with Crippen LogP contribution in [0.25, 0.3) is 5.69 Å². The lowest BCUT2D eigenvalue weighted by atomic mass is 10.1. The number of hydrogen-bond donors (Lipinski definition) is 1. The fourth-order valence-corrected chi connectivity index (χ4v) is 2.43. The van der Waals surface area contributed by atoms with Crippen LogP contribution in [0.5, 0.6) is 0 Å². The summed E-state index contributed by atoms with van der Waals surface area (Å²) in [4.78, 5) is 12.1. The van der Waals surface area contributed by atoms with Crippen LogP contribution in [0.3, 0.4) is 0 Å². The number of aromatic nitrogens is 3. The van der Waals surface area contributed by atoms with Crippen LogP contribution in [0, 0.1) is 6.92 Å². The molecular formula is C18H26N4O. The van der Waals surface area contributed by atoms with Crippen LogP contribution in [0.2, 0.25) is 0 Å². The molecule has 0 saturated heterocycles. The quantitative estimate of drug-likeness (QED) is 0.759. The second kappa shape index (κ2) is 8.46. The average molecular weight is 314 g/mol. The molecule has 0 saturated carbocycles. The molecule has 0 aliphatic heterocycles. The maximum absolute atomic E-state index is 12.1. The summed E-state index contributed by atoms with van der Waals surface area (Å²) in [7, 11) is 0. The van der Waals surface area contributed by atoms with Crippen LogP contribution in [0.4, 0.5) is 0 Å². The molecule has 23 heavy (non-hydrogen) atoms. The molecule has 1 heterocycles. The Morgan fingerprint density at radius 1 is 1.13 bits per heavy atom. The highest BCUT2D eigenvalue weighted by Crippen LogP contribution is 2.14. The Morgan fingerprint density at radius 2 is 1.83 bits per heavy atom. The Balaban J connectivity index is 2.10.